The van der Waals surface area contributed by atoms with Crippen molar-refractivity contribution in [1.29, 1.82) is 0 Å². The second kappa shape index (κ2) is 10.6. The summed E-state index contributed by atoms with van der Waals surface area (Å²) >= 11 is 0. The van der Waals surface area contributed by atoms with Crippen LogP contribution in [0.4, 0.5) is 0 Å². The molecule has 8 aromatic rings. The lowest BCUT2D eigenvalue weighted by molar-refractivity contribution is 1.08. The van der Waals surface area contributed by atoms with E-state index in [9.17, 15) is 0 Å². The molecule has 0 aliphatic heterocycles. The first-order valence-corrected chi connectivity index (χ1v) is 14.5. The van der Waals surface area contributed by atoms with Gasteiger partial charge in [0.25, 0.3) is 0 Å². The van der Waals surface area contributed by atoms with E-state index in [1.807, 2.05) is 36.4 Å². The van der Waals surface area contributed by atoms with Gasteiger partial charge in [-0.3, -0.25) is 4.57 Å². The Balaban J connectivity index is 1.50. The molecule has 43 heavy (non-hydrogen) atoms. The molecule has 8 rings (SSSR count). The lowest BCUT2D eigenvalue weighted by atomic mass is 9.86. The molecule has 0 spiro atoms. The van der Waals surface area contributed by atoms with Crippen molar-refractivity contribution in [3.63, 3.8) is 0 Å². The monoisotopic (exact) mass is 549 g/mol. The Morgan fingerprint density at radius 3 is 1.16 bits per heavy atom. The molecular formula is C40H27N3. The molecule has 0 unspecified atom stereocenters. The van der Waals surface area contributed by atoms with Crippen LogP contribution in [-0.2, 0) is 0 Å². The average Bonchev–Trinajstić information content (AvgIpc) is 3.54. The fraction of sp³-hybridized carbons (Fsp3) is 0. The van der Waals surface area contributed by atoms with Crippen molar-refractivity contribution < 1.29 is 0 Å². The summed E-state index contributed by atoms with van der Waals surface area (Å²) in [6.45, 7) is 0. The van der Waals surface area contributed by atoms with Crippen LogP contribution < -0.4 is 0 Å². The van der Waals surface area contributed by atoms with Crippen molar-refractivity contribution in [3.8, 4) is 50.7 Å². The number of aromatic nitrogens is 3. The van der Waals surface area contributed by atoms with Crippen molar-refractivity contribution in [2.75, 3.05) is 0 Å². The number of rotatable bonds is 5. The first-order valence-electron chi connectivity index (χ1n) is 14.5. The largest absolute Gasteiger partial charge is 0.275 e. The molecule has 0 saturated heterocycles. The van der Waals surface area contributed by atoms with E-state index in [0.29, 0.717) is 0 Å². The van der Waals surface area contributed by atoms with Gasteiger partial charge < -0.3 is 0 Å². The van der Waals surface area contributed by atoms with Gasteiger partial charge in [-0.15, -0.1) is 10.2 Å². The maximum Gasteiger partial charge on any atom is 0.168 e. The third kappa shape index (κ3) is 4.30. The maximum atomic E-state index is 4.73. The predicted molar refractivity (Wildman–Crippen MR) is 178 cm³/mol. The van der Waals surface area contributed by atoms with Crippen LogP contribution in [0.25, 0.3) is 72.3 Å². The zero-order valence-corrected chi connectivity index (χ0v) is 23.4. The molecule has 0 atom stereocenters. The highest BCUT2D eigenvalue weighted by atomic mass is 15.3. The van der Waals surface area contributed by atoms with Crippen LogP contribution in [-0.4, -0.2) is 14.8 Å². The van der Waals surface area contributed by atoms with E-state index in [0.717, 1.165) is 28.5 Å². The van der Waals surface area contributed by atoms with Gasteiger partial charge >= 0.3 is 0 Å². The topological polar surface area (TPSA) is 30.7 Å². The Morgan fingerprint density at radius 1 is 0.326 bits per heavy atom. The molecule has 0 aliphatic rings. The van der Waals surface area contributed by atoms with Gasteiger partial charge in [0, 0.05) is 16.8 Å². The summed E-state index contributed by atoms with van der Waals surface area (Å²) in [7, 11) is 0. The normalized spacial score (nSPS) is 11.3. The van der Waals surface area contributed by atoms with Crippen molar-refractivity contribution in [2.24, 2.45) is 0 Å². The number of nitrogens with zero attached hydrogens (tertiary/aromatic N) is 3. The second-order valence-corrected chi connectivity index (χ2v) is 10.7. The third-order valence-corrected chi connectivity index (χ3v) is 8.12. The van der Waals surface area contributed by atoms with Gasteiger partial charge in [-0.1, -0.05) is 152 Å². The van der Waals surface area contributed by atoms with E-state index in [1.165, 1.54) is 43.8 Å². The van der Waals surface area contributed by atoms with Gasteiger partial charge in [-0.2, -0.15) is 0 Å². The first kappa shape index (κ1) is 25.0. The highest BCUT2D eigenvalue weighted by Gasteiger charge is 2.21. The fourth-order valence-corrected chi connectivity index (χ4v) is 6.21. The van der Waals surface area contributed by atoms with E-state index >= 15 is 0 Å². The van der Waals surface area contributed by atoms with E-state index in [1.54, 1.807) is 0 Å². The van der Waals surface area contributed by atoms with Gasteiger partial charge in [0.05, 0.1) is 0 Å². The minimum Gasteiger partial charge on any atom is -0.275 e. The number of hydrogen-bond acceptors (Lipinski definition) is 2. The fourth-order valence-electron chi connectivity index (χ4n) is 6.21. The van der Waals surface area contributed by atoms with Gasteiger partial charge in [0.15, 0.2) is 11.6 Å². The van der Waals surface area contributed by atoms with Crippen molar-refractivity contribution >= 4 is 21.5 Å². The quantitative estimate of drug-likeness (QED) is 0.200. The molecular weight excluding hydrogens is 522 g/mol. The maximum absolute atomic E-state index is 4.73. The minimum atomic E-state index is 0.809. The molecule has 0 fully saturated rings. The number of benzene rings is 7. The molecule has 3 nitrogen and oxygen atoms in total. The minimum absolute atomic E-state index is 0.809. The molecule has 0 amide bonds. The van der Waals surface area contributed by atoms with Crippen LogP contribution in [0, 0.1) is 0 Å². The number of hydrogen-bond donors (Lipinski definition) is 0. The van der Waals surface area contributed by atoms with Crippen molar-refractivity contribution in [3.05, 3.63) is 164 Å². The predicted octanol–water partition coefficient (Wildman–Crippen LogP) is 10.2. The third-order valence-electron chi connectivity index (χ3n) is 8.12. The zero-order valence-electron chi connectivity index (χ0n) is 23.4. The van der Waals surface area contributed by atoms with Gasteiger partial charge in [-0.25, -0.2) is 0 Å². The van der Waals surface area contributed by atoms with Crippen LogP contribution in [0.2, 0.25) is 0 Å². The van der Waals surface area contributed by atoms with Crippen LogP contribution in [0.1, 0.15) is 0 Å². The van der Waals surface area contributed by atoms with Gasteiger partial charge in [0.2, 0.25) is 0 Å². The molecule has 1 aromatic heterocycles. The molecule has 0 N–H and O–H groups in total. The van der Waals surface area contributed by atoms with E-state index in [2.05, 4.69) is 132 Å². The molecule has 0 aliphatic carbocycles. The highest BCUT2D eigenvalue weighted by molar-refractivity contribution is 6.21. The van der Waals surface area contributed by atoms with E-state index in [-0.39, 0.29) is 0 Å². The van der Waals surface area contributed by atoms with Crippen LogP contribution in [0.15, 0.2) is 164 Å². The summed E-state index contributed by atoms with van der Waals surface area (Å²) in [4.78, 5) is 0. The Morgan fingerprint density at radius 2 is 0.698 bits per heavy atom. The zero-order chi connectivity index (χ0) is 28.6. The lowest BCUT2D eigenvalue weighted by Crippen LogP contribution is -2.01. The Labute approximate surface area is 250 Å². The van der Waals surface area contributed by atoms with Gasteiger partial charge in [0.1, 0.15) is 0 Å². The van der Waals surface area contributed by atoms with Crippen LogP contribution in [0.3, 0.4) is 0 Å². The molecule has 7 aromatic carbocycles. The summed E-state index contributed by atoms with van der Waals surface area (Å²) in [6, 6.07) is 57.6. The molecule has 1 heterocycles. The smallest absolute Gasteiger partial charge is 0.168 e. The summed E-state index contributed by atoms with van der Waals surface area (Å²) in [6.07, 6.45) is 0. The number of fused-ring (bicyclic) bond motifs is 2. The van der Waals surface area contributed by atoms with Crippen LogP contribution in [0.5, 0.6) is 0 Å². The molecule has 0 radical (unpaired) electrons. The summed E-state index contributed by atoms with van der Waals surface area (Å²) in [5.41, 5.74) is 7.91. The SMILES string of the molecule is c1ccc(-c2c3ccccc3c(-c3ccccc3)c3cc(-n4c(-c5ccccc5)nnc4-c4ccccc4)ccc23)cc1. The van der Waals surface area contributed by atoms with Crippen LogP contribution >= 0.6 is 0 Å². The summed E-state index contributed by atoms with van der Waals surface area (Å²) < 4.78 is 2.19. The molecule has 3 heteroatoms. The lowest BCUT2D eigenvalue weighted by Gasteiger charge is -2.19. The van der Waals surface area contributed by atoms with E-state index < -0.39 is 0 Å². The standard InChI is InChI=1S/C40H27N3/c1-5-15-28(16-6-1)37-33-23-13-14-24-34(33)38(29-17-7-2-8-18-29)36-27-32(25-26-35(36)37)43-39(30-19-9-3-10-20-30)41-42-40(43)31-21-11-4-12-22-31/h1-27H. The average molecular weight is 550 g/mol. The molecule has 202 valence electrons. The second-order valence-electron chi connectivity index (χ2n) is 10.7. The first-order chi connectivity index (χ1) is 21.4. The Kier molecular flexibility index (Phi) is 6.12. The Hall–Kier alpha value is -5.80. The van der Waals surface area contributed by atoms with Crippen molar-refractivity contribution in [1.82, 2.24) is 14.8 Å². The van der Waals surface area contributed by atoms with E-state index in [4.69, 9.17) is 10.2 Å². The van der Waals surface area contributed by atoms with Crippen molar-refractivity contribution in [2.45, 2.75) is 0 Å². The molecule has 0 bridgehead atoms. The molecule has 0 saturated carbocycles. The summed E-state index contributed by atoms with van der Waals surface area (Å²) in [5.74, 6) is 1.62. The summed E-state index contributed by atoms with van der Waals surface area (Å²) in [5, 5.41) is 14.3. The van der Waals surface area contributed by atoms with Gasteiger partial charge in [-0.05, 0) is 55.9 Å². The highest BCUT2D eigenvalue weighted by Crippen LogP contribution is 2.44. The Bertz CT molecular complexity index is 2150.